The van der Waals surface area contributed by atoms with E-state index in [1.807, 2.05) is 36.4 Å². The van der Waals surface area contributed by atoms with Crippen molar-refractivity contribution in [1.29, 1.82) is 0 Å². The zero-order valence-electron chi connectivity index (χ0n) is 22.7. The molecule has 0 saturated heterocycles. The number of halogens is 2. The van der Waals surface area contributed by atoms with Crippen molar-refractivity contribution in [3.8, 4) is 28.4 Å². The van der Waals surface area contributed by atoms with Crippen LogP contribution in [0.15, 0.2) is 78.9 Å². The van der Waals surface area contributed by atoms with E-state index in [-0.39, 0.29) is 24.7 Å². The third-order valence-corrected chi connectivity index (χ3v) is 6.28. The Balaban J connectivity index is 1.50. The number of carbonyl (C=O) groups excluding carboxylic acids is 2. The normalized spacial score (nSPS) is 10.5. The molecule has 8 nitrogen and oxygen atoms in total. The summed E-state index contributed by atoms with van der Waals surface area (Å²) in [5.41, 5.74) is 3.17. The van der Waals surface area contributed by atoms with Crippen LogP contribution in [0.1, 0.15) is 21.5 Å². The molecule has 0 heterocycles. The van der Waals surface area contributed by atoms with Crippen LogP contribution >= 0.6 is 0 Å². The zero-order chi connectivity index (χ0) is 29.4. The first kappa shape index (κ1) is 28.9. The van der Waals surface area contributed by atoms with Crippen LogP contribution in [-0.2, 0) is 13.1 Å². The fourth-order valence-electron chi connectivity index (χ4n) is 4.30. The van der Waals surface area contributed by atoms with Crippen molar-refractivity contribution in [1.82, 2.24) is 10.6 Å². The molecule has 0 aliphatic carbocycles. The van der Waals surface area contributed by atoms with Crippen LogP contribution in [-0.4, -0.2) is 33.3 Å². The van der Waals surface area contributed by atoms with E-state index in [1.54, 1.807) is 24.3 Å². The molecular formula is C31H29F2N3O5. The highest BCUT2D eigenvalue weighted by atomic mass is 19.1. The fourth-order valence-corrected chi connectivity index (χ4v) is 4.30. The molecule has 0 spiro atoms. The molecule has 0 unspecified atom stereocenters. The number of hydrogen-bond donors (Lipinski definition) is 3. The summed E-state index contributed by atoms with van der Waals surface area (Å²) in [7, 11) is 4.56. The summed E-state index contributed by atoms with van der Waals surface area (Å²) in [5, 5.41) is 7.99. The zero-order valence-corrected chi connectivity index (χ0v) is 22.7. The Morgan fingerprint density at radius 3 is 2.05 bits per heavy atom. The first-order chi connectivity index (χ1) is 19.8. The number of ether oxygens (including phenoxy) is 3. The highest BCUT2D eigenvalue weighted by Gasteiger charge is 2.17. The minimum absolute atomic E-state index is 0.0895. The molecule has 0 aliphatic heterocycles. The van der Waals surface area contributed by atoms with Crippen LogP contribution in [0.4, 0.5) is 19.3 Å². The van der Waals surface area contributed by atoms with Gasteiger partial charge in [0.15, 0.2) is 11.5 Å². The van der Waals surface area contributed by atoms with Gasteiger partial charge in [0.05, 0.1) is 27.0 Å². The Bertz CT molecular complexity index is 1540. The number of amides is 3. The summed E-state index contributed by atoms with van der Waals surface area (Å²) < 4.78 is 43.2. The van der Waals surface area contributed by atoms with Gasteiger partial charge < -0.3 is 30.2 Å². The van der Waals surface area contributed by atoms with Gasteiger partial charge in [-0.2, -0.15) is 0 Å². The van der Waals surface area contributed by atoms with Gasteiger partial charge in [-0.1, -0.05) is 42.5 Å². The third kappa shape index (κ3) is 6.91. The van der Waals surface area contributed by atoms with Gasteiger partial charge in [0, 0.05) is 24.7 Å². The van der Waals surface area contributed by atoms with Crippen LogP contribution in [0.25, 0.3) is 11.1 Å². The van der Waals surface area contributed by atoms with Gasteiger partial charge in [-0.05, 0) is 52.6 Å². The monoisotopic (exact) mass is 561 g/mol. The maximum Gasteiger partial charge on any atom is 0.319 e. The Morgan fingerprint density at radius 2 is 1.39 bits per heavy atom. The number of urea groups is 1. The number of hydrogen-bond acceptors (Lipinski definition) is 5. The lowest BCUT2D eigenvalue weighted by molar-refractivity contribution is 0.0951. The molecule has 10 heteroatoms. The summed E-state index contributed by atoms with van der Waals surface area (Å²) in [4.78, 5) is 25.8. The van der Waals surface area contributed by atoms with Gasteiger partial charge in [-0.15, -0.1) is 0 Å². The van der Waals surface area contributed by atoms with Crippen molar-refractivity contribution in [2.75, 3.05) is 26.6 Å². The van der Waals surface area contributed by atoms with E-state index in [1.165, 1.54) is 21.3 Å². The van der Waals surface area contributed by atoms with E-state index >= 15 is 0 Å². The second-order valence-electron chi connectivity index (χ2n) is 8.85. The van der Waals surface area contributed by atoms with Gasteiger partial charge in [0.2, 0.25) is 5.75 Å². The number of nitrogens with one attached hydrogen (secondary N) is 3. The second kappa shape index (κ2) is 13.3. The van der Waals surface area contributed by atoms with E-state index in [9.17, 15) is 18.4 Å². The molecule has 0 bridgehead atoms. The van der Waals surface area contributed by atoms with E-state index in [0.29, 0.717) is 34.4 Å². The van der Waals surface area contributed by atoms with E-state index in [2.05, 4.69) is 16.0 Å². The van der Waals surface area contributed by atoms with Crippen molar-refractivity contribution in [2.45, 2.75) is 13.1 Å². The number of carbonyl (C=O) groups is 2. The van der Waals surface area contributed by atoms with Gasteiger partial charge >= 0.3 is 6.03 Å². The SMILES string of the molecule is COc1cc(CNC(=O)c2ccccc2-c2ccccc2CNC(=O)Nc2ccc(F)cc2F)cc(OC)c1OC. The lowest BCUT2D eigenvalue weighted by atomic mass is 9.95. The molecule has 3 amide bonds. The summed E-state index contributed by atoms with van der Waals surface area (Å²) >= 11 is 0. The van der Waals surface area contributed by atoms with E-state index in [4.69, 9.17) is 14.2 Å². The highest BCUT2D eigenvalue weighted by Crippen LogP contribution is 2.38. The summed E-state index contributed by atoms with van der Waals surface area (Å²) in [5.74, 6) is -0.521. The number of rotatable bonds is 10. The molecule has 0 fully saturated rings. The Hall–Kier alpha value is -5.12. The smallest absolute Gasteiger partial charge is 0.319 e. The summed E-state index contributed by atoms with van der Waals surface area (Å²) in [6, 6.07) is 20.2. The first-order valence-electron chi connectivity index (χ1n) is 12.6. The molecule has 212 valence electrons. The van der Waals surface area contributed by atoms with Crippen LogP contribution in [0, 0.1) is 11.6 Å². The molecule has 0 radical (unpaired) electrons. The van der Waals surface area contributed by atoms with Gasteiger partial charge in [0.1, 0.15) is 11.6 Å². The van der Waals surface area contributed by atoms with Gasteiger partial charge in [-0.25, -0.2) is 13.6 Å². The molecule has 0 saturated carbocycles. The standard InChI is InChI=1S/C31H29F2N3O5/c1-39-27-14-19(15-28(40-2)29(27)41-3)17-34-30(37)24-11-7-6-10-23(24)22-9-5-4-8-20(22)18-35-31(38)36-26-13-12-21(32)16-25(26)33/h4-16H,17-18H2,1-3H3,(H,34,37)(H2,35,36,38). The van der Waals surface area contributed by atoms with Crippen molar-refractivity contribution in [2.24, 2.45) is 0 Å². The molecule has 0 aromatic heterocycles. The molecule has 4 rings (SSSR count). The first-order valence-corrected chi connectivity index (χ1v) is 12.6. The maximum absolute atomic E-state index is 13.9. The molecule has 0 atom stereocenters. The summed E-state index contributed by atoms with van der Waals surface area (Å²) in [6.45, 7) is 0.291. The molecule has 0 aliphatic rings. The Morgan fingerprint density at radius 1 is 0.732 bits per heavy atom. The van der Waals surface area contributed by atoms with Crippen LogP contribution in [0.5, 0.6) is 17.2 Å². The van der Waals surface area contributed by atoms with E-state index in [0.717, 1.165) is 28.8 Å². The predicted molar refractivity (Wildman–Crippen MR) is 151 cm³/mol. The van der Waals surface area contributed by atoms with Crippen LogP contribution in [0.3, 0.4) is 0 Å². The van der Waals surface area contributed by atoms with Crippen LogP contribution < -0.4 is 30.2 Å². The Labute approximate surface area is 236 Å². The average molecular weight is 562 g/mol. The summed E-state index contributed by atoms with van der Waals surface area (Å²) in [6.07, 6.45) is 0. The third-order valence-electron chi connectivity index (χ3n) is 6.28. The number of anilines is 1. The van der Waals surface area contributed by atoms with Crippen molar-refractivity contribution >= 4 is 17.6 Å². The lowest BCUT2D eigenvalue weighted by Crippen LogP contribution is -2.29. The molecule has 4 aromatic carbocycles. The van der Waals surface area contributed by atoms with Crippen LogP contribution in [0.2, 0.25) is 0 Å². The molecular weight excluding hydrogens is 532 g/mol. The predicted octanol–water partition coefficient (Wildman–Crippen LogP) is 5.91. The number of benzene rings is 4. The van der Waals surface area contributed by atoms with Gasteiger partial charge in [0.25, 0.3) is 5.91 Å². The molecule has 3 N–H and O–H groups in total. The minimum atomic E-state index is -0.882. The lowest BCUT2D eigenvalue weighted by Gasteiger charge is -2.16. The fraction of sp³-hybridized carbons (Fsp3) is 0.161. The quantitative estimate of drug-likeness (QED) is 0.224. The van der Waals surface area contributed by atoms with Crippen molar-refractivity contribution < 1.29 is 32.6 Å². The minimum Gasteiger partial charge on any atom is -0.493 e. The Kier molecular flexibility index (Phi) is 9.36. The maximum atomic E-state index is 13.9. The van der Waals surface area contributed by atoms with E-state index < -0.39 is 17.7 Å². The topological polar surface area (TPSA) is 97.9 Å². The second-order valence-corrected chi connectivity index (χ2v) is 8.85. The largest absolute Gasteiger partial charge is 0.493 e. The highest BCUT2D eigenvalue weighted by molar-refractivity contribution is 6.01. The number of methoxy groups -OCH3 is 3. The van der Waals surface area contributed by atoms with Gasteiger partial charge in [-0.3, -0.25) is 4.79 Å². The average Bonchev–Trinajstić information content (AvgIpc) is 2.99. The van der Waals surface area contributed by atoms with Crippen molar-refractivity contribution in [3.05, 3.63) is 107 Å². The molecule has 41 heavy (non-hydrogen) atoms. The van der Waals surface area contributed by atoms with Crippen molar-refractivity contribution in [3.63, 3.8) is 0 Å². The molecule has 4 aromatic rings.